The second kappa shape index (κ2) is 6.13. The van der Waals surface area contributed by atoms with Crippen molar-refractivity contribution in [1.29, 1.82) is 0 Å². The van der Waals surface area contributed by atoms with Crippen LogP contribution in [0.5, 0.6) is 0 Å². The molecule has 1 aliphatic rings. The Hall–Kier alpha value is -1.45. The van der Waals surface area contributed by atoms with Crippen molar-refractivity contribution in [3.8, 4) is 0 Å². The highest BCUT2D eigenvalue weighted by Gasteiger charge is 2.28. The van der Waals surface area contributed by atoms with Gasteiger partial charge in [0, 0.05) is 33.9 Å². The lowest BCUT2D eigenvalue weighted by atomic mass is 9.79. The van der Waals surface area contributed by atoms with Gasteiger partial charge in [-0.1, -0.05) is 0 Å². The molecule has 0 aliphatic heterocycles. The molecule has 0 saturated heterocycles. The van der Waals surface area contributed by atoms with Crippen LogP contribution in [-0.4, -0.2) is 23.5 Å². The van der Waals surface area contributed by atoms with Gasteiger partial charge in [0.15, 0.2) is 0 Å². The van der Waals surface area contributed by atoms with E-state index in [0.29, 0.717) is 12.2 Å². The third kappa shape index (κ3) is 2.94. The second-order valence-electron chi connectivity index (χ2n) is 4.41. The lowest BCUT2D eigenvalue weighted by Crippen LogP contribution is -2.19. The summed E-state index contributed by atoms with van der Waals surface area (Å²) in [5.74, 6) is 1.59. The van der Waals surface area contributed by atoms with E-state index in [4.69, 9.17) is 4.74 Å². The highest BCUT2D eigenvalue weighted by Crippen LogP contribution is 2.38. The summed E-state index contributed by atoms with van der Waals surface area (Å²) < 4.78 is 5.84. The number of esters is 1. The maximum absolute atomic E-state index is 11.6. The molecule has 100 valence electrons. The van der Waals surface area contributed by atoms with Crippen molar-refractivity contribution < 1.29 is 14.3 Å². The van der Waals surface area contributed by atoms with E-state index in [1.807, 2.05) is 5.94 Å². The van der Waals surface area contributed by atoms with Crippen LogP contribution in [0.3, 0.4) is 0 Å². The Labute approximate surface area is 120 Å². The number of fused-ring (bicyclic) bond motifs is 1. The molecule has 0 amide bonds. The monoisotopic (exact) mass is 323 g/mol. The molecular formula is C14H14BrNO3. The average Bonchev–Trinajstić information content (AvgIpc) is 2.39. The molecule has 0 fully saturated rings. The number of aromatic nitrogens is 1. The van der Waals surface area contributed by atoms with E-state index in [2.05, 4.69) is 20.9 Å². The first-order valence-corrected chi connectivity index (χ1v) is 7.00. The third-order valence-electron chi connectivity index (χ3n) is 3.27. The summed E-state index contributed by atoms with van der Waals surface area (Å²) in [4.78, 5) is 26.9. The van der Waals surface area contributed by atoms with E-state index in [0.717, 1.165) is 28.4 Å². The summed E-state index contributed by atoms with van der Waals surface area (Å²) in [6.07, 6.45) is 5.17. The Balaban J connectivity index is 2.28. The first kappa shape index (κ1) is 14.0. The predicted octanol–water partition coefficient (Wildman–Crippen LogP) is 2.57. The topological polar surface area (TPSA) is 56.3 Å². The van der Waals surface area contributed by atoms with Gasteiger partial charge in [-0.2, -0.15) is 0 Å². The van der Waals surface area contributed by atoms with Gasteiger partial charge in [0.25, 0.3) is 0 Å². The molecular weight excluding hydrogens is 310 g/mol. The summed E-state index contributed by atoms with van der Waals surface area (Å²) in [5.41, 5.74) is 2.39. The fourth-order valence-electron chi connectivity index (χ4n) is 2.39. The number of carbonyl (C=O) groups is 1. The number of allylic oxidation sites excluding steroid dienone is 1. The van der Waals surface area contributed by atoms with Crippen LogP contribution < -0.4 is 0 Å². The van der Waals surface area contributed by atoms with E-state index in [1.54, 1.807) is 19.3 Å². The summed E-state index contributed by atoms with van der Waals surface area (Å²) >= 11 is 3.44. The Morgan fingerprint density at radius 2 is 2.37 bits per heavy atom. The molecule has 1 aliphatic carbocycles. The van der Waals surface area contributed by atoms with Gasteiger partial charge in [-0.3, -0.25) is 9.78 Å². The van der Waals surface area contributed by atoms with E-state index < -0.39 is 0 Å². The Morgan fingerprint density at radius 3 is 3.05 bits per heavy atom. The molecule has 1 aromatic heterocycles. The molecule has 1 aromatic rings. The van der Waals surface area contributed by atoms with Crippen molar-refractivity contribution in [2.24, 2.45) is 5.92 Å². The van der Waals surface area contributed by atoms with Gasteiger partial charge >= 0.3 is 5.97 Å². The molecule has 0 N–H and O–H groups in total. The van der Waals surface area contributed by atoms with E-state index in [-0.39, 0.29) is 18.3 Å². The van der Waals surface area contributed by atoms with Crippen molar-refractivity contribution in [3.05, 3.63) is 28.0 Å². The number of pyridine rings is 1. The Kier molecular flexibility index (Phi) is 4.51. The minimum absolute atomic E-state index is 0.125. The maximum atomic E-state index is 11.6. The van der Waals surface area contributed by atoms with Crippen LogP contribution in [0.15, 0.2) is 16.9 Å². The quantitative estimate of drug-likeness (QED) is 0.633. The van der Waals surface area contributed by atoms with Gasteiger partial charge < -0.3 is 4.74 Å². The Bertz CT molecular complexity index is 550. The van der Waals surface area contributed by atoms with Gasteiger partial charge in [0.05, 0.1) is 13.0 Å². The first-order chi connectivity index (χ1) is 9.17. The van der Waals surface area contributed by atoms with Gasteiger partial charge in [-0.05, 0) is 41.3 Å². The van der Waals surface area contributed by atoms with Gasteiger partial charge in [-0.15, -0.1) is 0 Å². The standard InChI is InChI=1S/C14H14BrNO3/c1-2-19-14(18)5-9-3-4-10-11(12(9)8-17)6-16-7-13(10)15/h6-7,9H,2-5H2,1H3. The SMILES string of the molecule is CCOC(=O)CC1CCc2c(Br)cncc2C1=C=O. The summed E-state index contributed by atoms with van der Waals surface area (Å²) in [6, 6.07) is 0. The molecule has 5 heteroatoms. The van der Waals surface area contributed by atoms with Crippen LogP contribution in [-0.2, 0) is 20.7 Å². The van der Waals surface area contributed by atoms with Crippen LogP contribution in [0.25, 0.3) is 5.57 Å². The molecule has 2 rings (SSSR count). The van der Waals surface area contributed by atoms with Crippen LogP contribution in [0.2, 0.25) is 0 Å². The normalized spacial score (nSPS) is 17.6. The Morgan fingerprint density at radius 1 is 1.58 bits per heavy atom. The van der Waals surface area contributed by atoms with Gasteiger partial charge in [0.1, 0.15) is 5.94 Å². The molecule has 1 heterocycles. The number of ether oxygens (including phenoxy) is 1. The highest BCUT2D eigenvalue weighted by atomic mass is 79.9. The molecule has 1 unspecified atom stereocenters. The zero-order valence-corrected chi connectivity index (χ0v) is 12.2. The molecule has 0 spiro atoms. The van der Waals surface area contributed by atoms with Crippen LogP contribution >= 0.6 is 15.9 Å². The maximum Gasteiger partial charge on any atom is 0.306 e. The number of hydrogen-bond donors (Lipinski definition) is 0. The zero-order valence-electron chi connectivity index (χ0n) is 10.6. The number of nitrogens with zero attached hydrogens (tertiary/aromatic N) is 1. The van der Waals surface area contributed by atoms with E-state index in [9.17, 15) is 9.59 Å². The first-order valence-electron chi connectivity index (χ1n) is 6.20. The molecule has 4 nitrogen and oxygen atoms in total. The van der Waals surface area contributed by atoms with Crippen LogP contribution in [0, 0.1) is 5.92 Å². The largest absolute Gasteiger partial charge is 0.466 e. The molecule has 0 radical (unpaired) electrons. The minimum atomic E-state index is -0.272. The number of hydrogen-bond acceptors (Lipinski definition) is 4. The predicted molar refractivity (Wildman–Crippen MR) is 74.1 cm³/mol. The molecule has 0 saturated carbocycles. The molecule has 19 heavy (non-hydrogen) atoms. The molecule has 0 bridgehead atoms. The van der Waals surface area contributed by atoms with Gasteiger partial charge in [0.2, 0.25) is 0 Å². The van der Waals surface area contributed by atoms with Crippen molar-refractivity contribution in [1.82, 2.24) is 4.98 Å². The van der Waals surface area contributed by atoms with E-state index >= 15 is 0 Å². The zero-order chi connectivity index (χ0) is 13.8. The number of carbonyl (C=O) groups excluding carboxylic acids is 2. The number of rotatable bonds is 3. The van der Waals surface area contributed by atoms with Crippen molar-refractivity contribution in [2.45, 2.75) is 26.2 Å². The molecule has 0 aromatic carbocycles. The summed E-state index contributed by atoms with van der Waals surface area (Å²) in [6.45, 7) is 2.13. The van der Waals surface area contributed by atoms with Crippen molar-refractivity contribution in [2.75, 3.05) is 6.61 Å². The van der Waals surface area contributed by atoms with Crippen LogP contribution in [0.1, 0.15) is 30.9 Å². The lowest BCUT2D eigenvalue weighted by Gasteiger charge is -2.25. The molecule has 1 atom stereocenters. The van der Waals surface area contributed by atoms with E-state index in [1.165, 1.54) is 0 Å². The fourth-order valence-corrected chi connectivity index (χ4v) is 2.92. The smallest absolute Gasteiger partial charge is 0.306 e. The summed E-state index contributed by atoms with van der Waals surface area (Å²) in [7, 11) is 0. The van der Waals surface area contributed by atoms with Crippen molar-refractivity contribution >= 4 is 33.4 Å². The number of halogens is 1. The minimum Gasteiger partial charge on any atom is -0.466 e. The average molecular weight is 324 g/mol. The van der Waals surface area contributed by atoms with Gasteiger partial charge in [-0.25, -0.2) is 4.79 Å². The fraction of sp³-hybridized carbons (Fsp3) is 0.429. The van der Waals surface area contributed by atoms with Crippen LogP contribution in [0.4, 0.5) is 0 Å². The lowest BCUT2D eigenvalue weighted by molar-refractivity contribution is -0.143. The highest BCUT2D eigenvalue weighted by molar-refractivity contribution is 9.10. The summed E-state index contributed by atoms with van der Waals surface area (Å²) in [5, 5.41) is 0. The van der Waals surface area contributed by atoms with Crippen molar-refractivity contribution in [3.63, 3.8) is 0 Å². The third-order valence-corrected chi connectivity index (χ3v) is 3.96. The second-order valence-corrected chi connectivity index (χ2v) is 5.26.